The molecule has 1 aliphatic carbocycles. The molecular weight excluding hydrogens is 508 g/mol. The van der Waals surface area contributed by atoms with E-state index in [-0.39, 0.29) is 23.8 Å². The lowest BCUT2D eigenvalue weighted by Crippen LogP contribution is -2.38. The van der Waals surface area contributed by atoms with Gasteiger partial charge in [-0.1, -0.05) is 138 Å². The van der Waals surface area contributed by atoms with Crippen LogP contribution in [0.3, 0.4) is 0 Å². The van der Waals surface area contributed by atoms with Gasteiger partial charge in [0.25, 0.3) is 0 Å². The number of hydrogen-bond acceptors (Lipinski definition) is 4. The average Bonchev–Trinajstić information content (AvgIpc) is 2.91. The van der Waals surface area contributed by atoms with E-state index in [1.807, 2.05) is 0 Å². The third kappa shape index (κ3) is 19.7. The molecule has 242 valence electrons. The minimum Gasteiger partial charge on any atom is -0.465 e. The van der Waals surface area contributed by atoms with Gasteiger partial charge < -0.3 is 9.47 Å². The van der Waals surface area contributed by atoms with Gasteiger partial charge in [-0.15, -0.1) is 0 Å². The number of carbonyl (C=O) groups is 2. The zero-order chi connectivity index (χ0) is 30.5. The third-order valence-corrected chi connectivity index (χ3v) is 9.19. The highest BCUT2D eigenvalue weighted by Gasteiger charge is 2.41. The lowest BCUT2D eigenvalue weighted by atomic mass is 9.72. The topological polar surface area (TPSA) is 52.6 Å². The van der Waals surface area contributed by atoms with Crippen molar-refractivity contribution in [2.45, 2.75) is 170 Å². The van der Waals surface area contributed by atoms with Crippen LogP contribution in [0.4, 0.5) is 0 Å². The summed E-state index contributed by atoms with van der Waals surface area (Å²) in [5.41, 5.74) is 0. The molecule has 4 atom stereocenters. The second kappa shape index (κ2) is 23.4. The molecule has 1 rings (SSSR count). The van der Waals surface area contributed by atoms with Crippen LogP contribution in [-0.2, 0) is 19.1 Å². The van der Waals surface area contributed by atoms with E-state index in [9.17, 15) is 9.59 Å². The maximum Gasteiger partial charge on any atom is 0.309 e. The monoisotopic (exact) mass is 579 g/mol. The standard InChI is InChI=1S/C37H70O4/c1-29(2)18-12-8-10-14-26-40-36(38)34-25-24-33(23-17-22-32(7)21-16-20-31(5)6)28-35(34)37(39)41-27-15-11-9-13-19-30(3)4/h29-35H,8-28H2,1-7H3. The maximum absolute atomic E-state index is 13.3. The van der Waals surface area contributed by atoms with Gasteiger partial charge >= 0.3 is 11.9 Å². The maximum atomic E-state index is 13.3. The summed E-state index contributed by atoms with van der Waals surface area (Å²) in [5.74, 6) is 2.58. The molecule has 0 bridgehead atoms. The summed E-state index contributed by atoms with van der Waals surface area (Å²) in [5, 5.41) is 0. The molecule has 1 fully saturated rings. The summed E-state index contributed by atoms with van der Waals surface area (Å²) in [7, 11) is 0. The molecule has 1 aliphatic rings. The van der Waals surface area contributed by atoms with Crippen LogP contribution in [0.15, 0.2) is 0 Å². The van der Waals surface area contributed by atoms with Crippen LogP contribution in [0.5, 0.6) is 0 Å². The van der Waals surface area contributed by atoms with Gasteiger partial charge in [0.15, 0.2) is 0 Å². The summed E-state index contributed by atoms with van der Waals surface area (Å²) in [4.78, 5) is 26.4. The Balaban J connectivity index is 2.53. The van der Waals surface area contributed by atoms with E-state index in [1.165, 1.54) is 70.6 Å². The van der Waals surface area contributed by atoms with E-state index in [0.29, 0.717) is 19.1 Å². The van der Waals surface area contributed by atoms with Crippen molar-refractivity contribution in [2.75, 3.05) is 13.2 Å². The second-order valence-corrected chi connectivity index (χ2v) is 14.8. The first kappa shape index (κ1) is 38.0. The van der Waals surface area contributed by atoms with E-state index < -0.39 is 0 Å². The van der Waals surface area contributed by atoms with Crippen molar-refractivity contribution >= 4 is 11.9 Å². The number of rotatable bonds is 24. The highest BCUT2D eigenvalue weighted by atomic mass is 16.5. The van der Waals surface area contributed by atoms with Crippen LogP contribution in [0, 0.1) is 41.4 Å². The predicted molar refractivity (Wildman–Crippen MR) is 174 cm³/mol. The lowest BCUT2D eigenvalue weighted by molar-refractivity contribution is -0.164. The molecular formula is C37H70O4. The Morgan fingerprint density at radius 2 is 1.00 bits per heavy atom. The smallest absolute Gasteiger partial charge is 0.309 e. The molecule has 0 aromatic carbocycles. The molecule has 4 heteroatoms. The summed E-state index contributed by atoms with van der Waals surface area (Å²) < 4.78 is 11.5. The number of hydrogen-bond donors (Lipinski definition) is 0. The largest absolute Gasteiger partial charge is 0.465 e. The Bertz CT molecular complexity index is 655. The van der Waals surface area contributed by atoms with E-state index in [4.69, 9.17) is 9.47 Å². The van der Waals surface area contributed by atoms with Crippen LogP contribution in [-0.4, -0.2) is 25.2 Å². The fourth-order valence-corrected chi connectivity index (χ4v) is 6.41. The summed E-state index contributed by atoms with van der Waals surface area (Å²) >= 11 is 0. The first-order chi connectivity index (χ1) is 19.6. The van der Waals surface area contributed by atoms with Crippen molar-refractivity contribution in [3.8, 4) is 0 Å². The van der Waals surface area contributed by atoms with Crippen molar-refractivity contribution in [1.82, 2.24) is 0 Å². The Labute approximate surface area is 255 Å². The van der Waals surface area contributed by atoms with Gasteiger partial charge in [0.1, 0.15) is 0 Å². The number of ether oxygens (including phenoxy) is 2. The van der Waals surface area contributed by atoms with E-state index in [1.54, 1.807) is 0 Å². The van der Waals surface area contributed by atoms with Crippen molar-refractivity contribution in [1.29, 1.82) is 0 Å². The van der Waals surface area contributed by atoms with Gasteiger partial charge in [0, 0.05) is 0 Å². The first-order valence-corrected chi connectivity index (χ1v) is 17.9. The molecule has 4 nitrogen and oxygen atoms in total. The van der Waals surface area contributed by atoms with Crippen molar-refractivity contribution in [2.24, 2.45) is 41.4 Å². The number of carbonyl (C=O) groups excluding carboxylic acids is 2. The Kier molecular flexibility index (Phi) is 21.7. The summed E-state index contributed by atoms with van der Waals surface area (Å²) in [6.07, 6.45) is 21.6. The zero-order valence-electron chi connectivity index (χ0n) is 28.5. The fourth-order valence-electron chi connectivity index (χ4n) is 6.41. The Morgan fingerprint density at radius 3 is 1.54 bits per heavy atom. The molecule has 0 aromatic rings. The molecule has 0 heterocycles. The molecule has 0 spiro atoms. The highest BCUT2D eigenvalue weighted by molar-refractivity contribution is 5.82. The molecule has 0 radical (unpaired) electrons. The molecule has 0 N–H and O–H groups in total. The molecule has 1 saturated carbocycles. The normalized spacial score (nSPS) is 20.1. The van der Waals surface area contributed by atoms with Gasteiger partial charge in [-0.05, 0) is 61.7 Å². The van der Waals surface area contributed by atoms with Crippen LogP contribution in [0.2, 0.25) is 0 Å². The number of esters is 2. The Hall–Kier alpha value is -1.06. The van der Waals surface area contributed by atoms with Crippen LogP contribution in [0.1, 0.15) is 170 Å². The van der Waals surface area contributed by atoms with E-state index in [0.717, 1.165) is 75.0 Å². The predicted octanol–water partition coefficient (Wildman–Crippen LogP) is 11.0. The van der Waals surface area contributed by atoms with E-state index >= 15 is 0 Å². The molecule has 0 amide bonds. The van der Waals surface area contributed by atoms with Crippen molar-refractivity contribution in [3.63, 3.8) is 0 Å². The molecule has 0 aliphatic heterocycles. The van der Waals surface area contributed by atoms with Gasteiger partial charge in [-0.3, -0.25) is 9.59 Å². The van der Waals surface area contributed by atoms with Gasteiger partial charge in [-0.2, -0.15) is 0 Å². The molecule has 41 heavy (non-hydrogen) atoms. The fraction of sp³-hybridized carbons (Fsp3) is 0.946. The zero-order valence-corrected chi connectivity index (χ0v) is 28.5. The quantitative estimate of drug-likeness (QED) is 0.0844. The van der Waals surface area contributed by atoms with Crippen molar-refractivity contribution < 1.29 is 19.1 Å². The minimum absolute atomic E-state index is 0.158. The van der Waals surface area contributed by atoms with E-state index in [2.05, 4.69) is 48.5 Å². The average molecular weight is 579 g/mol. The lowest BCUT2D eigenvalue weighted by Gasteiger charge is -2.33. The van der Waals surface area contributed by atoms with Crippen molar-refractivity contribution in [3.05, 3.63) is 0 Å². The molecule has 4 unspecified atom stereocenters. The Morgan fingerprint density at radius 1 is 0.537 bits per heavy atom. The highest BCUT2D eigenvalue weighted by Crippen LogP contribution is 2.38. The van der Waals surface area contributed by atoms with Crippen LogP contribution >= 0.6 is 0 Å². The van der Waals surface area contributed by atoms with Gasteiger partial charge in [-0.25, -0.2) is 0 Å². The van der Waals surface area contributed by atoms with Crippen LogP contribution < -0.4 is 0 Å². The SMILES string of the molecule is CC(C)CCCCCCOC(=O)C1CCC(CCCC(C)CCCC(C)C)CC1C(=O)OCCCCCCC(C)C. The second-order valence-electron chi connectivity index (χ2n) is 14.8. The van der Waals surface area contributed by atoms with Crippen LogP contribution in [0.25, 0.3) is 0 Å². The molecule has 0 aromatic heterocycles. The minimum atomic E-state index is -0.336. The first-order valence-electron chi connectivity index (χ1n) is 17.9. The number of unbranched alkanes of at least 4 members (excludes halogenated alkanes) is 6. The van der Waals surface area contributed by atoms with Gasteiger partial charge in [0.05, 0.1) is 25.0 Å². The summed E-state index contributed by atoms with van der Waals surface area (Å²) in [6, 6.07) is 0. The summed E-state index contributed by atoms with van der Waals surface area (Å²) in [6.45, 7) is 17.0. The van der Waals surface area contributed by atoms with Gasteiger partial charge in [0.2, 0.25) is 0 Å². The molecule has 0 saturated heterocycles. The third-order valence-electron chi connectivity index (χ3n) is 9.19.